The predicted molar refractivity (Wildman–Crippen MR) is 69.9 cm³/mol. The number of nitrogen functional groups attached to an aromatic ring is 1. The quantitative estimate of drug-likeness (QED) is 0.850. The molecule has 1 amide bonds. The standard InChI is InChI=1S/C13H21N3O/c1-4-6-11-8-10(9-12(14)15-11)13(17)16(3)7-5-2/h8-9H,4-7H2,1-3H3,(H2,14,15). The molecule has 2 N–H and O–H groups in total. The van der Waals surface area contributed by atoms with Crippen molar-refractivity contribution in [1.82, 2.24) is 9.88 Å². The van der Waals surface area contributed by atoms with E-state index in [1.807, 2.05) is 20.0 Å². The van der Waals surface area contributed by atoms with Crippen LogP contribution in [0.25, 0.3) is 0 Å². The highest BCUT2D eigenvalue weighted by molar-refractivity contribution is 5.94. The molecular weight excluding hydrogens is 214 g/mol. The second kappa shape index (κ2) is 6.23. The summed E-state index contributed by atoms with van der Waals surface area (Å²) in [5.41, 5.74) is 7.25. The summed E-state index contributed by atoms with van der Waals surface area (Å²) in [5, 5.41) is 0. The number of rotatable bonds is 5. The van der Waals surface area contributed by atoms with Gasteiger partial charge in [-0.3, -0.25) is 4.79 Å². The number of nitrogens with two attached hydrogens (primary N) is 1. The van der Waals surface area contributed by atoms with E-state index in [9.17, 15) is 4.79 Å². The Morgan fingerprint density at radius 3 is 2.65 bits per heavy atom. The van der Waals surface area contributed by atoms with Crippen molar-refractivity contribution in [3.8, 4) is 0 Å². The number of carbonyl (C=O) groups excluding carboxylic acids is 1. The zero-order valence-electron chi connectivity index (χ0n) is 10.9. The van der Waals surface area contributed by atoms with Gasteiger partial charge in [0.15, 0.2) is 0 Å². The highest BCUT2D eigenvalue weighted by Crippen LogP contribution is 2.11. The number of anilines is 1. The smallest absolute Gasteiger partial charge is 0.253 e. The Labute approximate surface area is 103 Å². The van der Waals surface area contributed by atoms with Gasteiger partial charge < -0.3 is 10.6 Å². The molecule has 17 heavy (non-hydrogen) atoms. The number of amides is 1. The van der Waals surface area contributed by atoms with Gasteiger partial charge in [0.2, 0.25) is 0 Å². The molecule has 94 valence electrons. The molecule has 1 aromatic rings. The third-order valence-corrected chi connectivity index (χ3v) is 2.56. The summed E-state index contributed by atoms with van der Waals surface area (Å²) in [6.07, 6.45) is 2.79. The molecule has 0 bridgehead atoms. The number of nitrogens with zero attached hydrogens (tertiary/aromatic N) is 2. The summed E-state index contributed by atoms with van der Waals surface area (Å²) in [6, 6.07) is 3.49. The summed E-state index contributed by atoms with van der Waals surface area (Å²) in [7, 11) is 1.81. The molecule has 0 saturated carbocycles. The minimum atomic E-state index is 0.0123. The van der Waals surface area contributed by atoms with Gasteiger partial charge in [-0.15, -0.1) is 0 Å². The highest BCUT2D eigenvalue weighted by atomic mass is 16.2. The molecular formula is C13H21N3O. The molecule has 1 heterocycles. The Morgan fingerprint density at radius 2 is 2.06 bits per heavy atom. The lowest BCUT2D eigenvalue weighted by atomic mass is 10.1. The molecule has 0 radical (unpaired) electrons. The Bertz CT molecular complexity index is 390. The van der Waals surface area contributed by atoms with E-state index in [0.29, 0.717) is 11.4 Å². The Kier molecular flexibility index (Phi) is 4.94. The monoisotopic (exact) mass is 235 g/mol. The third-order valence-electron chi connectivity index (χ3n) is 2.56. The van der Waals surface area contributed by atoms with E-state index in [0.717, 1.165) is 31.5 Å². The average molecular weight is 235 g/mol. The summed E-state index contributed by atoms with van der Waals surface area (Å²) < 4.78 is 0. The maximum atomic E-state index is 12.1. The van der Waals surface area contributed by atoms with Crippen LogP contribution in [0.4, 0.5) is 5.82 Å². The van der Waals surface area contributed by atoms with Crippen LogP contribution >= 0.6 is 0 Å². The summed E-state index contributed by atoms with van der Waals surface area (Å²) in [5.74, 6) is 0.433. The summed E-state index contributed by atoms with van der Waals surface area (Å²) >= 11 is 0. The van der Waals surface area contributed by atoms with Crippen LogP contribution in [0.2, 0.25) is 0 Å². The number of aryl methyl sites for hydroxylation is 1. The minimum absolute atomic E-state index is 0.0123. The topological polar surface area (TPSA) is 59.2 Å². The van der Waals surface area contributed by atoms with Crippen LogP contribution < -0.4 is 5.73 Å². The minimum Gasteiger partial charge on any atom is -0.384 e. The fourth-order valence-electron chi connectivity index (χ4n) is 1.78. The van der Waals surface area contributed by atoms with Crippen molar-refractivity contribution in [2.45, 2.75) is 33.1 Å². The number of hydrogen-bond donors (Lipinski definition) is 1. The van der Waals surface area contributed by atoms with Gasteiger partial charge in [-0.2, -0.15) is 0 Å². The Morgan fingerprint density at radius 1 is 1.35 bits per heavy atom. The maximum Gasteiger partial charge on any atom is 0.253 e. The Balaban J connectivity index is 2.92. The van der Waals surface area contributed by atoms with Crippen LogP contribution in [0.5, 0.6) is 0 Å². The van der Waals surface area contributed by atoms with Gasteiger partial charge in [0.05, 0.1) is 0 Å². The van der Waals surface area contributed by atoms with Crippen molar-refractivity contribution in [3.63, 3.8) is 0 Å². The molecule has 1 aromatic heterocycles. The lowest BCUT2D eigenvalue weighted by molar-refractivity contribution is 0.0795. The molecule has 0 aliphatic heterocycles. The fraction of sp³-hybridized carbons (Fsp3) is 0.538. The molecule has 0 unspecified atom stereocenters. The SMILES string of the molecule is CCCc1cc(C(=O)N(C)CCC)cc(N)n1. The molecule has 0 atom stereocenters. The van der Waals surface area contributed by atoms with Crippen LogP contribution in [0.1, 0.15) is 42.7 Å². The van der Waals surface area contributed by atoms with Crippen molar-refractivity contribution in [2.24, 2.45) is 0 Å². The molecule has 0 aliphatic carbocycles. The molecule has 0 spiro atoms. The van der Waals surface area contributed by atoms with E-state index >= 15 is 0 Å². The highest BCUT2D eigenvalue weighted by Gasteiger charge is 2.12. The molecule has 0 aromatic carbocycles. The summed E-state index contributed by atoms with van der Waals surface area (Å²) in [4.78, 5) is 18.0. The number of carbonyl (C=O) groups is 1. The van der Waals surface area contributed by atoms with Gasteiger partial charge in [-0.1, -0.05) is 20.3 Å². The van der Waals surface area contributed by atoms with Gasteiger partial charge in [-0.25, -0.2) is 4.98 Å². The van der Waals surface area contributed by atoms with Gasteiger partial charge in [0, 0.05) is 24.8 Å². The van der Waals surface area contributed by atoms with E-state index in [1.165, 1.54) is 0 Å². The second-order valence-electron chi connectivity index (χ2n) is 4.25. The number of hydrogen-bond acceptors (Lipinski definition) is 3. The second-order valence-corrected chi connectivity index (χ2v) is 4.25. The van der Waals surface area contributed by atoms with Gasteiger partial charge >= 0.3 is 0 Å². The number of aromatic nitrogens is 1. The molecule has 4 heteroatoms. The third kappa shape index (κ3) is 3.73. The predicted octanol–water partition coefficient (Wildman–Crippen LogP) is 2.10. The van der Waals surface area contributed by atoms with Gasteiger partial charge in [0.1, 0.15) is 5.82 Å². The van der Waals surface area contributed by atoms with E-state index in [1.54, 1.807) is 11.0 Å². The largest absolute Gasteiger partial charge is 0.384 e. The first-order valence-electron chi connectivity index (χ1n) is 6.10. The molecule has 0 aliphatic rings. The van der Waals surface area contributed by atoms with Crippen LogP contribution in [0.3, 0.4) is 0 Å². The van der Waals surface area contributed by atoms with Crippen molar-refractivity contribution < 1.29 is 4.79 Å². The first kappa shape index (κ1) is 13.5. The first-order valence-corrected chi connectivity index (χ1v) is 6.10. The molecule has 4 nitrogen and oxygen atoms in total. The normalized spacial score (nSPS) is 10.3. The first-order chi connectivity index (χ1) is 8.08. The average Bonchev–Trinajstić information content (AvgIpc) is 2.28. The molecule has 0 saturated heterocycles. The van der Waals surface area contributed by atoms with E-state index in [-0.39, 0.29) is 5.91 Å². The van der Waals surface area contributed by atoms with E-state index < -0.39 is 0 Å². The maximum absolute atomic E-state index is 12.1. The van der Waals surface area contributed by atoms with Gasteiger partial charge in [0.25, 0.3) is 5.91 Å². The van der Waals surface area contributed by atoms with E-state index in [4.69, 9.17) is 5.73 Å². The van der Waals surface area contributed by atoms with Crippen LogP contribution in [0, 0.1) is 0 Å². The van der Waals surface area contributed by atoms with Crippen LogP contribution in [-0.2, 0) is 6.42 Å². The molecule has 1 rings (SSSR count). The zero-order chi connectivity index (χ0) is 12.8. The van der Waals surface area contributed by atoms with Crippen LogP contribution in [-0.4, -0.2) is 29.4 Å². The number of pyridine rings is 1. The lowest BCUT2D eigenvalue weighted by Crippen LogP contribution is -2.27. The summed E-state index contributed by atoms with van der Waals surface area (Å²) in [6.45, 7) is 4.88. The van der Waals surface area contributed by atoms with Crippen molar-refractivity contribution in [3.05, 3.63) is 23.4 Å². The van der Waals surface area contributed by atoms with Crippen LogP contribution in [0.15, 0.2) is 12.1 Å². The van der Waals surface area contributed by atoms with Gasteiger partial charge in [-0.05, 0) is 25.0 Å². The lowest BCUT2D eigenvalue weighted by Gasteiger charge is -2.16. The van der Waals surface area contributed by atoms with Crippen molar-refractivity contribution >= 4 is 11.7 Å². The fourth-order valence-corrected chi connectivity index (χ4v) is 1.78. The zero-order valence-corrected chi connectivity index (χ0v) is 10.9. The van der Waals surface area contributed by atoms with E-state index in [2.05, 4.69) is 11.9 Å². The van der Waals surface area contributed by atoms with Crippen molar-refractivity contribution in [2.75, 3.05) is 19.3 Å². The Hall–Kier alpha value is -1.58. The van der Waals surface area contributed by atoms with Crippen molar-refractivity contribution in [1.29, 1.82) is 0 Å². The molecule has 0 fully saturated rings.